The minimum atomic E-state index is -4.29. The van der Waals surface area contributed by atoms with E-state index in [1.54, 1.807) is 19.1 Å². The molecule has 7 nitrogen and oxygen atoms in total. The largest absolute Gasteiger partial charge is 0.354 e. The Hall–Kier alpha value is -3.14. The van der Waals surface area contributed by atoms with Crippen molar-refractivity contribution in [2.75, 3.05) is 17.4 Å². The summed E-state index contributed by atoms with van der Waals surface area (Å²) < 4.78 is 42.3. The standard InChI is InChI=1S/C29H32Cl2FN3O4S/c1-4-16-33-29(37)26(5-2)34(18-21-8-11-23(32)12-9-21)28(36)19-35(27-17-22(30)10-15-25(27)31)40(38,39)24-13-6-20(3)7-14-24/h6-15,17,26H,4-5,16,18-19H2,1-3H3,(H,33,37)/t26-/m1/s1. The number of hydrogen-bond donors (Lipinski definition) is 1. The molecule has 0 radical (unpaired) electrons. The lowest BCUT2D eigenvalue weighted by molar-refractivity contribution is -0.140. The van der Waals surface area contributed by atoms with Gasteiger partial charge in [-0.25, -0.2) is 12.8 Å². The van der Waals surface area contributed by atoms with Gasteiger partial charge < -0.3 is 10.2 Å². The molecule has 0 unspecified atom stereocenters. The smallest absolute Gasteiger partial charge is 0.264 e. The van der Waals surface area contributed by atoms with Gasteiger partial charge in [0.05, 0.1) is 15.6 Å². The van der Waals surface area contributed by atoms with Gasteiger partial charge in [0.15, 0.2) is 0 Å². The number of carbonyl (C=O) groups excluding carboxylic acids is 2. The molecule has 3 aromatic carbocycles. The number of sulfonamides is 1. The molecule has 0 bridgehead atoms. The zero-order valence-electron chi connectivity index (χ0n) is 22.5. The van der Waals surface area contributed by atoms with Crippen molar-refractivity contribution in [3.63, 3.8) is 0 Å². The van der Waals surface area contributed by atoms with Gasteiger partial charge in [0.2, 0.25) is 11.8 Å². The fourth-order valence-corrected chi connectivity index (χ4v) is 5.96. The highest BCUT2D eigenvalue weighted by Gasteiger charge is 2.34. The van der Waals surface area contributed by atoms with E-state index in [2.05, 4.69) is 5.32 Å². The molecule has 0 aliphatic heterocycles. The molecular formula is C29H32Cl2FN3O4S. The van der Waals surface area contributed by atoms with Crippen molar-refractivity contribution in [1.82, 2.24) is 10.2 Å². The Balaban J connectivity index is 2.09. The first-order valence-corrected chi connectivity index (χ1v) is 15.0. The number of nitrogens with zero attached hydrogens (tertiary/aromatic N) is 2. The van der Waals surface area contributed by atoms with E-state index in [0.29, 0.717) is 18.5 Å². The number of rotatable bonds is 12. The summed E-state index contributed by atoms with van der Waals surface area (Å²) in [7, 11) is -4.29. The number of hydrogen-bond acceptors (Lipinski definition) is 4. The van der Waals surface area contributed by atoms with Crippen LogP contribution in [0, 0.1) is 12.7 Å². The summed E-state index contributed by atoms with van der Waals surface area (Å²) in [5, 5.41) is 3.11. The first-order chi connectivity index (χ1) is 19.0. The molecule has 0 aliphatic carbocycles. The normalized spacial score (nSPS) is 12.1. The molecule has 40 heavy (non-hydrogen) atoms. The van der Waals surface area contributed by atoms with Crippen molar-refractivity contribution in [3.8, 4) is 0 Å². The van der Waals surface area contributed by atoms with Gasteiger partial charge in [-0.1, -0.05) is 66.9 Å². The molecule has 0 saturated heterocycles. The minimum Gasteiger partial charge on any atom is -0.354 e. The van der Waals surface area contributed by atoms with Gasteiger partial charge >= 0.3 is 0 Å². The molecule has 1 atom stereocenters. The van der Waals surface area contributed by atoms with Crippen LogP contribution in [0.25, 0.3) is 0 Å². The van der Waals surface area contributed by atoms with Crippen molar-refractivity contribution in [2.24, 2.45) is 0 Å². The van der Waals surface area contributed by atoms with Crippen molar-refractivity contribution < 1.29 is 22.4 Å². The Labute approximate surface area is 244 Å². The second-order valence-electron chi connectivity index (χ2n) is 9.28. The van der Waals surface area contributed by atoms with Crippen molar-refractivity contribution in [2.45, 2.75) is 51.1 Å². The van der Waals surface area contributed by atoms with Gasteiger partial charge in [-0.15, -0.1) is 0 Å². The van der Waals surface area contributed by atoms with Crippen LogP contribution < -0.4 is 9.62 Å². The third kappa shape index (κ3) is 7.74. The molecule has 3 aromatic rings. The fourth-order valence-electron chi connectivity index (χ4n) is 4.10. The number of anilines is 1. The predicted molar refractivity (Wildman–Crippen MR) is 157 cm³/mol. The van der Waals surface area contributed by atoms with Gasteiger partial charge in [0, 0.05) is 18.1 Å². The van der Waals surface area contributed by atoms with Crippen LogP contribution in [0.3, 0.4) is 0 Å². The Kier molecular flexibility index (Phi) is 11.0. The van der Waals surface area contributed by atoms with Crippen molar-refractivity contribution in [1.29, 1.82) is 0 Å². The molecule has 0 spiro atoms. The maximum Gasteiger partial charge on any atom is 0.264 e. The maximum atomic E-state index is 14.0. The van der Waals surface area contributed by atoms with Crippen LogP contribution >= 0.6 is 23.2 Å². The van der Waals surface area contributed by atoms with Crippen LogP contribution in [0.15, 0.2) is 71.6 Å². The monoisotopic (exact) mass is 607 g/mol. The highest BCUT2D eigenvalue weighted by molar-refractivity contribution is 7.92. The highest BCUT2D eigenvalue weighted by Crippen LogP contribution is 2.33. The van der Waals surface area contributed by atoms with E-state index >= 15 is 0 Å². The lowest BCUT2D eigenvalue weighted by atomic mass is 10.1. The molecule has 0 aliphatic rings. The topological polar surface area (TPSA) is 86.8 Å². The molecule has 0 aromatic heterocycles. The van der Waals surface area contributed by atoms with Gasteiger partial charge in [-0.05, 0) is 67.8 Å². The molecule has 0 heterocycles. The van der Waals surface area contributed by atoms with E-state index < -0.39 is 34.3 Å². The zero-order chi connectivity index (χ0) is 29.4. The Morgan fingerprint density at radius 1 is 0.975 bits per heavy atom. The van der Waals surface area contributed by atoms with E-state index in [4.69, 9.17) is 23.2 Å². The van der Waals surface area contributed by atoms with Gasteiger partial charge in [0.25, 0.3) is 10.0 Å². The summed E-state index contributed by atoms with van der Waals surface area (Å²) in [5.74, 6) is -1.46. The Morgan fingerprint density at radius 3 is 2.23 bits per heavy atom. The van der Waals surface area contributed by atoms with Crippen LogP contribution in [0.1, 0.15) is 37.8 Å². The summed E-state index contributed by atoms with van der Waals surface area (Å²) in [4.78, 5) is 28.4. The van der Waals surface area contributed by atoms with Gasteiger partial charge in [-0.3, -0.25) is 13.9 Å². The van der Waals surface area contributed by atoms with E-state index in [9.17, 15) is 22.4 Å². The third-order valence-corrected chi connectivity index (χ3v) is 8.59. The average Bonchev–Trinajstić information content (AvgIpc) is 2.93. The quantitative estimate of drug-likeness (QED) is 0.275. The molecule has 3 rings (SSSR count). The zero-order valence-corrected chi connectivity index (χ0v) is 24.9. The summed E-state index contributed by atoms with van der Waals surface area (Å²) in [6, 6.07) is 15.2. The first kappa shape index (κ1) is 31.4. The predicted octanol–water partition coefficient (Wildman–Crippen LogP) is 5.97. The second kappa shape index (κ2) is 14.0. The van der Waals surface area contributed by atoms with Crippen molar-refractivity contribution >= 4 is 50.7 Å². The maximum absolute atomic E-state index is 14.0. The lowest BCUT2D eigenvalue weighted by Crippen LogP contribution is -2.52. The second-order valence-corrected chi connectivity index (χ2v) is 12.0. The van der Waals surface area contributed by atoms with Crippen LogP contribution in [0.5, 0.6) is 0 Å². The van der Waals surface area contributed by atoms with Gasteiger partial charge in [-0.2, -0.15) is 0 Å². The Bertz CT molecular complexity index is 1430. The number of benzene rings is 3. The number of halogens is 3. The van der Waals surface area contributed by atoms with E-state index in [-0.39, 0.29) is 39.5 Å². The van der Waals surface area contributed by atoms with Crippen molar-refractivity contribution in [3.05, 3.63) is 93.7 Å². The number of carbonyl (C=O) groups is 2. The minimum absolute atomic E-state index is 0.0216. The SMILES string of the molecule is CCCNC(=O)[C@@H](CC)N(Cc1ccc(F)cc1)C(=O)CN(c1cc(Cl)ccc1Cl)S(=O)(=O)c1ccc(C)cc1. The first-order valence-electron chi connectivity index (χ1n) is 12.8. The Morgan fingerprint density at radius 2 is 1.62 bits per heavy atom. The molecule has 214 valence electrons. The van der Waals surface area contributed by atoms with E-state index in [1.165, 1.54) is 59.5 Å². The van der Waals surface area contributed by atoms with Crippen LogP contribution in [-0.2, 0) is 26.2 Å². The number of amides is 2. The summed E-state index contributed by atoms with van der Waals surface area (Å²) in [6.45, 7) is 5.21. The average molecular weight is 609 g/mol. The molecular weight excluding hydrogens is 576 g/mol. The molecule has 0 fully saturated rings. The number of aryl methyl sites for hydroxylation is 1. The lowest BCUT2D eigenvalue weighted by Gasteiger charge is -2.33. The van der Waals surface area contributed by atoms with E-state index in [0.717, 1.165) is 9.87 Å². The summed E-state index contributed by atoms with van der Waals surface area (Å²) in [6.07, 6.45) is 0.967. The van der Waals surface area contributed by atoms with Crippen LogP contribution in [0.2, 0.25) is 10.0 Å². The van der Waals surface area contributed by atoms with Gasteiger partial charge in [0.1, 0.15) is 18.4 Å². The summed E-state index contributed by atoms with van der Waals surface area (Å²) in [5.41, 5.74) is 1.45. The molecule has 0 saturated carbocycles. The van der Waals surface area contributed by atoms with Crippen LogP contribution in [0.4, 0.5) is 10.1 Å². The summed E-state index contributed by atoms with van der Waals surface area (Å²) >= 11 is 12.6. The molecule has 2 amide bonds. The number of nitrogens with one attached hydrogen (secondary N) is 1. The highest BCUT2D eigenvalue weighted by atomic mass is 35.5. The molecule has 1 N–H and O–H groups in total. The fraction of sp³-hybridized carbons (Fsp3) is 0.310. The third-order valence-electron chi connectivity index (χ3n) is 6.27. The molecule has 11 heteroatoms. The van der Waals surface area contributed by atoms with Crippen LogP contribution in [-0.4, -0.2) is 44.3 Å². The van der Waals surface area contributed by atoms with E-state index in [1.807, 2.05) is 13.8 Å².